The van der Waals surface area contributed by atoms with Crippen molar-refractivity contribution in [3.8, 4) is 0 Å². The molecule has 1 aromatic carbocycles. The van der Waals surface area contributed by atoms with Crippen molar-refractivity contribution >= 4 is 34.5 Å². The molecule has 1 saturated heterocycles. The highest BCUT2D eigenvalue weighted by molar-refractivity contribution is 6.07. The highest BCUT2D eigenvalue weighted by Crippen LogP contribution is 2.25. The van der Waals surface area contributed by atoms with Gasteiger partial charge in [0.25, 0.3) is 5.91 Å². The van der Waals surface area contributed by atoms with E-state index in [4.69, 9.17) is 14.3 Å². The highest BCUT2D eigenvalue weighted by Gasteiger charge is 2.18. The fourth-order valence-electron chi connectivity index (χ4n) is 2.83. The Morgan fingerprint density at radius 2 is 1.92 bits per heavy atom. The highest BCUT2D eigenvalue weighted by atomic mass is 16.5. The molecule has 0 atom stereocenters. The first-order valence-electron chi connectivity index (χ1n) is 8.07. The van der Waals surface area contributed by atoms with Crippen molar-refractivity contribution in [2.45, 2.75) is 0 Å². The maximum atomic E-state index is 12.4. The third kappa shape index (κ3) is 3.00. The molecule has 3 aromatic rings. The SMILES string of the molecule is O=C(Nc1n[nH]c2cc(C(=O)O)oc12)c1ccc(N2CCOCC2)cc1. The van der Waals surface area contributed by atoms with Crippen LogP contribution in [-0.2, 0) is 4.74 Å². The number of hydrogen-bond acceptors (Lipinski definition) is 6. The third-order valence-electron chi connectivity index (χ3n) is 4.18. The van der Waals surface area contributed by atoms with Crippen molar-refractivity contribution in [2.24, 2.45) is 0 Å². The van der Waals surface area contributed by atoms with E-state index in [-0.39, 0.29) is 23.1 Å². The van der Waals surface area contributed by atoms with E-state index >= 15 is 0 Å². The van der Waals surface area contributed by atoms with Crippen molar-refractivity contribution < 1.29 is 23.8 Å². The van der Waals surface area contributed by atoms with Crippen LogP contribution in [0.3, 0.4) is 0 Å². The normalized spacial score (nSPS) is 14.5. The number of anilines is 2. The largest absolute Gasteiger partial charge is 0.475 e. The van der Waals surface area contributed by atoms with Gasteiger partial charge in [-0.1, -0.05) is 0 Å². The lowest BCUT2D eigenvalue weighted by Crippen LogP contribution is -2.36. The molecule has 3 N–H and O–H groups in total. The summed E-state index contributed by atoms with van der Waals surface area (Å²) in [5.74, 6) is -1.63. The zero-order valence-corrected chi connectivity index (χ0v) is 13.7. The van der Waals surface area contributed by atoms with Gasteiger partial charge in [0.1, 0.15) is 5.52 Å². The van der Waals surface area contributed by atoms with Gasteiger partial charge in [-0.25, -0.2) is 4.79 Å². The van der Waals surface area contributed by atoms with E-state index in [0.717, 1.165) is 18.8 Å². The predicted octanol–water partition coefficient (Wildman–Crippen LogP) is 1.94. The molecule has 1 aliphatic rings. The van der Waals surface area contributed by atoms with Crippen molar-refractivity contribution in [1.29, 1.82) is 0 Å². The van der Waals surface area contributed by atoms with Gasteiger partial charge in [-0.3, -0.25) is 9.89 Å². The number of aromatic nitrogens is 2. The Morgan fingerprint density at radius 1 is 1.19 bits per heavy atom. The summed E-state index contributed by atoms with van der Waals surface area (Å²) in [4.78, 5) is 25.6. The molecule has 1 amide bonds. The van der Waals surface area contributed by atoms with E-state index in [9.17, 15) is 9.59 Å². The number of carboxylic acids is 1. The molecular formula is C17H16N4O5. The second-order valence-electron chi connectivity index (χ2n) is 5.83. The number of nitrogens with one attached hydrogen (secondary N) is 2. The number of morpholine rings is 1. The summed E-state index contributed by atoms with van der Waals surface area (Å²) in [6, 6.07) is 8.55. The Kier molecular flexibility index (Phi) is 4.05. The minimum Gasteiger partial charge on any atom is -0.475 e. The zero-order chi connectivity index (χ0) is 18.1. The number of carbonyl (C=O) groups excluding carboxylic acids is 1. The summed E-state index contributed by atoms with van der Waals surface area (Å²) in [6.07, 6.45) is 0. The van der Waals surface area contributed by atoms with Crippen molar-refractivity contribution in [3.05, 3.63) is 41.7 Å². The number of hydrogen-bond donors (Lipinski definition) is 3. The molecule has 2 aromatic heterocycles. The van der Waals surface area contributed by atoms with E-state index < -0.39 is 5.97 Å². The number of ether oxygens (including phenoxy) is 1. The van der Waals surface area contributed by atoms with Crippen LogP contribution in [0.1, 0.15) is 20.9 Å². The summed E-state index contributed by atoms with van der Waals surface area (Å²) in [5.41, 5.74) is 2.09. The minimum atomic E-state index is -1.19. The van der Waals surface area contributed by atoms with Crippen LogP contribution in [0.25, 0.3) is 11.1 Å². The van der Waals surface area contributed by atoms with Gasteiger partial charge in [0.05, 0.1) is 13.2 Å². The zero-order valence-electron chi connectivity index (χ0n) is 13.7. The first-order valence-corrected chi connectivity index (χ1v) is 8.07. The fraction of sp³-hybridized carbons (Fsp3) is 0.235. The topological polar surface area (TPSA) is 121 Å². The van der Waals surface area contributed by atoms with E-state index in [0.29, 0.717) is 24.3 Å². The second-order valence-corrected chi connectivity index (χ2v) is 5.83. The lowest BCUT2D eigenvalue weighted by molar-refractivity contribution is 0.0665. The van der Waals surface area contributed by atoms with Gasteiger partial charge in [-0.05, 0) is 24.3 Å². The Hall–Kier alpha value is -3.33. The average molecular weight is 356 g/mol. The number of carboxylic acid groups (broad SMARTS) is 1. The molecular weight excluding hydrogens is 340 g/mol. The minimum absolute atomic E-state index is 0.148. The van der Waals surface area contributed by atoms with Crippen LogP contribution < -0.4 is 10.2 Å². The van der Waals surface area contributed by atoms with Gasteiger partial charge in [0.15, 0.2) is 11.4 Å². The number of rotatable bonds is 4. The number of fused-ring (bicyclic) bond motifs is 1. The molecule has 9 heteroatoms. The Morgan fingerprint density at radius 3 is 2.62 bits per heavy atom. The number of aromatic amines is 1. The maximum absolute atomic E-state index is 12.4. The Labute approximate surface area is 147 Å². The molecule has 26 heavy (non-hydrogen) atoms. The first-order chi connectivity index (χ1) is 12.6. The molecule has 9 nitrogen and oxygen atoms in total. The summed E-state index contributed by atoms with van der Waals surface area (Å²) in [7, 11) is 0. The van der Waals surface area contributed by atoms with Gasteiger partial charge < -0.3 is 24.5 Å². The van der Waals surface area contributed by atoms with Crippen LogP contribution in [-0.4, -0.2) is 53.5 Å². The van der Waals surface area contributed by atoms with Crippen LogP contribution in [0, 0.1) is 0 Å². The number of benzene rings is 1. The van der Waals surface area contributed by atoms with E-state index in [1.807, 2.05) is 12.1 Å². The smallest absolute Gasteiger partial charge is 0.371 e. The maximum Gasteiger partial charge on any atom is 0.371 e. The Bertz CT molecular complexity index is 953. The van der Waals surface area contributed by atoms with Gasteiger partial charge in [0.2, 0.25) is 5.76 Å². The summed E-state index contributed by atoms with van der Waals surface area (Å²) >= 11 is 0. The van der Waals surface area contributed by atoms with Crippen molar-refractivity contribution in [2.75, 3.05) is 36.5 Å². The molecule has 1 fully saturated rings. The number of amides is 1. The number of carbonyl (C=O) groups is 2. The molecule has 0 radical (unpaired) electrons. The summed E-state index contributed by atoms with van der Waals surface area (Å²) in [5, 5.41) is 18.2. The van der Waals surface area contributed by atoms with Gasteiger partial charge >= 0.3 is 5.97 Å². The number of H-pyrrole nitrogens is 1. The molecule has 0 bridgehead atoms. The fourth-order valence-corrected chi connectivity index (χ4v) is 2.83. The number of aromatic carboxylic acids is 1. The lowest BCUT2D eigenvalue weighted by atomic mass is 10.1. The Balaban J connectivity index is 1.50. The van der Waals surface area contributed by atoms with Crippen molar-refractivity contribution in [1.82, 2.24) is 10.2 Å². The van der Waals surface area contributed by atoms with Gasteiger partial charge in [0, 0.05) is 30.4 Å². The molecule has 0 unspecified atom stereocenters. The predicted molar refractivity (Wildman–Crippen MR) is 92.7 cm³/mol. The van der Waals surface area contributed by atoms with Crippen LogP contribution in [0.4, 0.5) is 11.5 Å². The average Bonchev–Trinajstić information content (AvgIpc) is 3.25. The number of nitrogens with zero attached hydrogens (tertiary/aromatic N) is 2. The monoisotopic (exact) mass is 356 g/mol. The summed E-state index contributed by atoms with van der Waals surface area (Å²) in [6.45, 7) is 3.03. The molecule has 0 saturated carbocycles. The molecule has 4 rings (SSSR count). The van der Waals surface area contributed by atoms with Crippen LogP contribution in [0.15, 0.2) is 34.7 Å². The van der Waals surface area contributed by atoms with Gasteiger partial charge in [-0.2, -0.15) is 5.10 Å². The lowest BCUT2D eigenvalue weighted by Gasteiger charge is -2.28. The van der Waals surface area contributed by atoms with E-state index in [1.54, 1.807) is 12.1 Å². The van der Waals surface area contributed by atoms with Crippen LogP contribution in [0.2, 0.25) is 0 Å². The standard InChI is InChI=1S/C17H16N4O5/c22-16(10-1-3-11(4-2-10)21-5-7-25-8-6-21)18-15-14-12(19-20-15)9-13(26-14)17(23)24/h1-4,9H,5-8H2,(H,23,24)(H2,18,19,20,22). The first kappa shape index (κ1) is 16.2. The van der Waals surface area contributed by atoms with E-state index in [2.05, 4.69) is 20.4 Å². The molecule has 0 spiro atoms. The van der Waals surface area contributed by atoms with Crippen LogP contribution in [0.5, 0.6) is 0 Å². The molecule has 1 aliphatic heterocycles. The van der Waals surface area contributed by atoms with Crippen molar-refractivity contribution in [3.63, 3.8) is 0 Å². The van der Waals surface area contributed by atoms with E-state index in [1.165, 1.54) is 6.07 Å². The molecule has 134 valence electrons. The second kappa shape index (κ2) is 6.52. The van der Waals surface area contributed by atoms with Crippen LogP contribution >= 0.6 is 0 Å². The third-order valence-corrected chi connectivity index (χ3v) is 4.18. The number of furan rings is 1. The molecule has 3 heterocycles. The summed E-state index contributed by atoms with van der Waals surface area (Å²) < 4.78 is 10.5. The quantitative estimate of drug-likeness (QED) is 0.653. The molecule has 0 aliphatic carbocycles. The van der Waals surface area contributed by atoms with Gasteiger partial charge in [-0.15, -0.1) is 0 Å².